The van der Waals surface area contributed by atoms with E-state index in [1.54, 1.807) is 0 Å². The molecule has 1 saturated heterocycles. The largest absolute Gasteiger partial charge is 0.340 e. The maximum Gasteiger partial charge on any atom is 0.288 e. The van der Waals surface area contributed by atoms with Crippen LogP contribution in [0.15, 0.2) is 18.2 Å². The van der Waals surface area contributed by atoms with Crippen LogP contribution >= 0.6 is 11.6 Å². The number of piperidine rings is 1. The van der Waals surface area contributed by atoms with Gasteiger partial charge in [-0.25, -0.2) is 0 Å². The van der Waals surface area contributed by atoms with Gasteiger partial charge < -0.3 is 5.32 Å². The number of nitrogens with zero attached hydrogens (tertiary/aromatic N) is 1. The average molecular weight is 312 g/mol. The number of nitro groups is 1. The molecule has 0 aromatic heterocycles. The van der Waals surface area contributed by atoms with Gasteiger partial charge in [0.15, 0.2) is 0 Å². The lowest BCUT2D eigenvalue weighted by molar-refractivity contribution is -0.384. The highest BCUT2D eigenvalue weighted by Gasteiger charge is 2.28. The molecule has 1 atom stereocenters. The molecular weight excluding hydrogens is 302 g/mol. The number of carbonyl (C=O) groups excluding carboxylic acids is 3. The normalized spacial score (nSPS) is 18.0. The zero-order valence-corrected chi connectivity index (χ0v) is 11.3. The molecule has 1 unspecified atom stereocenters. The number of hydrogen-bond acceptors (Lipinski definition) is 5. The second kappa shape index (κ2) is 5.88. The van der Waals surface area contributed by atoms with Crippen molar-refractivity contribution in [2.75, 3.05) is 0 Å². The average Bonchev–Trinajstić information content (AvgIpc) is 2.42. The molecule has 1 aliphatic rings. The fourth-order valence-electron chi connectivity index (χ4n) is 1.87. The van der Waals surface area contributed by atoms with Crippen LogP contribution in [0.4, 0.5) is 5.69 Å². The first-order valence-electron chi connectivity index (χ1n) is 5.97. The summed E-state index contributed by atoms with van der Waals surface area (Å²) >= 11 is 5.65. The van der Waals surface area contributed by atoms with E-state index in [0.29, 0.717) is 0 Å². The molecule has 0 radical (unpaired) electrons. The molecule has 1 heterocycles. The number of amides is 3. The third kappa shape index (κ3) is 3.34. The van der Waals surface area contributed by atoms with Crippen LogP contribution in [0.3, 0.4) is 0 Å². The van der Waals surface area contributed by atoms with Crippen LogP contribution in [0, 0.1) is 10.1 Å². The standard InChI is InChI=1S/C12H10ClN3O5/c13-7-2-1-6(5-9(7)16(20)21)11(18)14-8-3-4-10(17)15-12(8)19/h1-2,5,8H,3-4H2,(H,14,18)(H,15,17,19). The highest BCUT2D eigenvalue weighted by molar-refractivity contribution is 6.32. The molecule has 8 nitrogen and oxygen atoms in total. The van der Waals surface area contributed by atoms with E-state index in [-0.39, 0.29) is 23.4 Å². The first kappa shape index (κ1) is 14.9. The Hall–Kier alpha value is -2.48. The van der Waals surface area contributed by atoms with E-state index in [9.17, 15) is 24.5 Å². The maximum atomic E-state index is 12.0. The smallest absolute Gasteiger partial charge is 0.288 e. The number of nitrogens with one attached hydrogen (secondary N) is 2. The van der Waals surface area contributed by atoms with Crippen molar-refractivity contribution in [3.05, 3.63) is 38.9 Å². The summed E-state index contributed by atoms with van der Waals surface area (Å²) in [7, 11) is 0. The van der Waals surface area contributed by atoms with Crippen LogP contribution < -0.4 is 10.6 Å². The molecule has 0 bridgehead atoms. The monoisotopic (exact) mass is 311 g/mol. The molecule has 0 spiro atoms. The molecule has 1 aliphatic heterocycles. The molecule has 0 saturated carbocycles. The zero-order chi connectivity index (χ0) is 15.6. The predicted molar refractivity (Wildman–Crippen MR) is 71.7 cm³/mol. The summed E-state index contributed by atoms with van der Waals surface area (Å²) in [6, 6.07) is 2.74. The molecule has 110 valence electrons. The third-order valence-corrected chi connectivity index (χ3v) is 3.27. The minimum atomic E-state index is -0.843. The SMILES string of the molecule is O=C1CCC(NC(=O)c2ccc(Cl)c([N+](=O)[O-])c2)C(=O)N1. The van der Waals surface area contributed by atoms with Crippen LogP contribution in [-0.4, -0.2) is 28.7 Å². The van der Waals surface area contributed by atoms with Crippen LogP contribution in [-0.2, 0) is 9.59 Å². The quantitative estimate of drug-likeness (QED) is 0.486. The van der Waals surface area contributed by atoms with E-state index < -0.39 is 34.4 Å². The van der Waals surface area contributed by atoms with E-state index in [4.69, 9.17) is 11.6 Å². The Kier molecular flexibility index (Phi) is 4.18. The minimum absolute atomic E-state index is 0.0100. The number of halogens is 1. The van der Waals surface area contributed by atoms with Crippen LogP contribution in [0.25, 0.3) is 0 Å². The van der Waals surface area contributed by atoms with E-state index >= 15 is 0 Å². The van der Waals surface area contributed by atoms with E-state index in [2.05, 4.69) is 10.6 Å². The fraction of sp³-hybridized carbons (Fsp3) is 0.250. The van der Waals surface area contributed by atoms with Crippen molar-refractivity contribution < 1.29 is 19.3 Å². The van der Waals surface area contributed by atoms with Crippen LogP contribution in [0.5, 0.6) is 0 Å². The zero-order valence-electron chi connectivity index (χ0n) is 10.6. The molecule has 1 aromatic rings. The topological polar surface area (TPSA) is 118 Å². The summed E-state index contributed by atoms with van der Waals surface area (Å²) in [5.41, 5.74) is -0.386. The molecular formula is C12H10ClN3O5. The number of benzene rings is 1. The lowest BCUT2D eigenvalue weighted by atomic mass is 10.1. The Bertz CT molecular complexity index is 646. The molecule has 0 aliphatic carbocycles. The van der Waals surface area contributed by atoms with Gasteiger partial charge in [-0.2, -0.15) is 0 Å². The van der Waals surface area contributed by atoms with Crippen LogP contribution in [0.1, 0.15) is 23.2 Å². The summed E-state index contributed by atoms with van der Waals surface area (Å²) < 4.78 is 0. The summed E-state index contributed by atoms with van der Waals surface area (Å²) in [4.78, 5) is 44.6. The molecule has 9 heteroatoms. The van der Waals surface area contributed by atoms with Crippen molar-refractivity contribution in [3.63, 3.8) is 0 Å². The van der Waals surface area contributed by atoms with Gasteiger partial charge in [-0.1, -0.05) is 11.6 Å². The lowest BCUT2D eigenvalue weighted by Gasteiger charge is -2.21. The van der Waals surface area contributed by atoms with Crippen molar-refractivity contribution in [2.45, 2.75) is 18.9 Å². The summed E-state index contributed by atoms with van der Waals surface area (Å²) in [6.45, 7) is 0. The van der Waals surface area contributed by atoms with Gasteiger partial charge in [-0.3, -0.25) is 29.8 Å². The van der Waals surface area contributed by atoms with Gasteiger partial charge in [0, 0.05) is 18.1 Å². The summed E-state index contributed by atoms with van der Waals surface area (Å²) in [5, 5.41) is 15.2. The Morgan fingerprint density at radius 3 is 2.76 bits per heavy atom. The number of hydrogen-bond donors (Lipinski definition) is 2. The molecule has 2 N–H and O–H groups in total. The second-order valence-corrected chi connectivity index (χ2v) is 4.81. The fourth-order valence-corrected chi connectivity index (χ4v) is 2.05. The second-order valence-electron chi connectivity index (χ2n) is 4.40. The molecule has 3 amide bonds. The maximum absolute atomic E-state index is 12.0. The Labute approximate surface area is 123 Å². The third-order valence-electron chi connectivity index (χ3n) is 2.95. The lowest BCUT2D eigenvalue weighted by Crippen LogP contribution is -2.52. The Morgan fingerprint density at radius 2 is 2.14 bits per heavy atom. The van der Waals surface area contributed by atoms with Crippen LogP contribution in [0.2, 0.25) is 5.02 Å². The summed E-state index contributed by atoms with van der Waals surface area (Å²) in [6.07, 6.45) is 0.309. The minimum Gasteiger partial charge on any atom is -0.340 e. The molecule has 1 fully saturated rings. The number of nitro benzene ring substituents is 1. The summed E-state index contributed by atoms with van der Waals surface area (Å²) in [5.74, 6) is -1.64. The van der Waals surface area contributed by atoms with Gasteiger partial charge in [-0.05, 0) is 18.6 Å². The van der Waals surface area contributed by atoms with Gasteiger partial charge in [0.2, 0.25) is 11.8 Å². The Balaban J connectivity index is 2.14. The van der Waals surface area contributed by atoms with Gasteiger partial charge in [-0.15, -0.1) is 0 Å². The van der Waals surface area contributed by atoms with Gasteiger partial charge in [0.25, 0.3) is 11.6 Å². The van der Waals surface area contributed by atoms with E-state index in [0.717, 1.165) is 6.07 Å². The van der Waals surface area contributed by atoms with Crippen molar-refractivity contribution in [2.24, 2.45) is 0 Å². The molecule has 21 heavy (non-hydrogen) atoms. The molecule has 2 rings (SSSR count). The number of carbonyl (C=O) groups is 3. The van der Waals surface area contributed by atoms with Gasteiger partial charge in [0.05, 0.1) is 4.92 Å². The number of rotatable bonds is 3. The number of imide groups is 1. The van der Waals surface area contributed by atoms with Crippen molar-refractivity contribution in [3.8, 4) is 0 Å². The highest BCUT2D eigenvalue weighted by atomic mass is 35.5. The first-order valence-corrected chi connectivity index (χ1v) is 6.35. The Morgan fingerprint density at radius 1 is 1.43 bits per heavy atom. The highest BCUT2D eigenvalue weighted by Crippen LogP contribution is 2.25. The van der Waals surface area contributed by atoms with Gasteiger partial charge in [0.1, 0.15) is 11.1 Å². The van der Waals surface area contributed by atoms with Crippen molar-refractivity contribution in [1.82, 2.24) is 10.6 Å². The van der Waals surface area contributed by atoms with E-state index in [1.165, 1.54) is 12.1 Å². The molecule has 1 aromatic carbocycles. The first-order chi connectivity index (χ1) is 9.88. The van der Waals surface area contributed by atoms with Gasteiger partial charge >= 0.3 is 0 Å². The van der Waals surface area contributed by atoms with E-state index in [1.807, 2.05) is 0 Å². The van der Waals surface area contributed by atoms with Crippen molar-refractivity contribution >= 4 is 35.0 Å². The predicted octanol–water partition coefficient (Wildman–Crippen LogP) is 0.783. The van der Waals surface area contributed by atoms with Crippen molar-refractivity contribution in [1.29, 1.82) is 0 Å².